The van der Waals surface area contributed by atoms with Crippen molar-refractivity contribution in [1.82, 2.24) is 4.31 Å². The number of sulfonamides is 1. The van der Waals surface area contributed by atoms with Crippen LogP contribution in [0, 0.1) is 11.6 Å². The first-order chi connectivity index (χ1) is 9.80. The lowest BCUT2D eigenvalue weighted by Crippen LogP contribution is -2.27. The lowest BCUT2D eigenvalue weighted by Gasteiger charge is -2.17. The molecule has 0 saturated heterocycles. The van der Waals surface area contributed by atoms with E-state index in [0.29, 0.717) is 10.0 Å². The first-order valence-corrected chi connectivity index (χ1v) is 8.20. The minimum Gasteiger partial charge on any atom is -0.207 e. The molecule has 112 valence electrons. The molecule has 2 aromatic carbocycles. The monoisotopic (exact) mass is 375 g/mol. The number of hydrogen-bond acceptors (Lipinski definition) is 2. The number of halogens is 3. The third-order valence-corrected chi connectivity index (χ3v) is 5.23. The zero-order valence-electron chi connectivity index (χ0n) is 11.1. The van der Waals surface area contributed by atoms with Gasteiger partial charge in [0.2, 0.25) is 10.0 Å². The molecule has 0 saturated carbocycles. The number of hydrogen-bond donors (Lipinski definition) is 0. The van der Waals surface area contributed by atoms with Crippen LogP contribution in [-0.4, -0.2) is 19.8 Å². The maximum absolute atomic E-state index is 13.8. The van der Waals surface area contributed by atoms with Crippen LogP contribution < -0.4 is 0 Å². The summed E-state index contributed by atoms with van der Waals surface area (Å²) in [6.07, 6.45) is 0. The zero-order chi connectivity index (χ0) is 15.6. The van der Waals surface area contributed by atoms with E-state index < -0.39 is 26.6 Å². The highest BCUT2D eigenvalue weighted by Gasteiger charge is 2.24. The predicted molar refractivity (Wildman–Crippen MR) is 79.2 cm³/mol. The number of benzene rings is 2. The summed E-state index contributed by atoms with van der Waals surface area (Å²) in [4.78, 5) is -0.393. The minimum atomic E-state index is -3.95. The second-order valence-corrected chi connectivity index (χ2v) is 7.39. The van der Waals surface area contributed by atoms with Crippen molar-refractivity contribution in [3.8, 4) is 0 Å². The van der Waals surface area contributed by atoms with Gasteiger partial charge in [-0.25, -0.2) is 17.2 Å². The molecule has 2 aromatic rings. The summed E-state index contributed by atoms with van der Waals surface area (Å²) in [5, 5.41) is 0. The first kappa shape index (κ1) is 16.1. The molecule has 0 amide bonds. The van der Waals surface area contributed by atoms with Gasteiger partial charge < -0.3 is 0 Å². The van der Waals surface area contributed by atoms with E-state index in [1.165, 1.54) is 43.4 Å². The Kier molecular flexibility index (Phi) is 4.75. The molecular formula is C14H12BrF2NO2S. The molecule has 0 aliphatic heterocycles. The molecule has 7 heteroatoms. The van der Waals surface area contributed by atoms with Crippen LogP contribution in [0.1, 0.15) is 5.56 Å². The van der Waals surface area contributed by atoms with Crippen LogP contribution in [0.5, 0.6) is 0 Å². The van der Waals surface area contributed by atoms with Gasteiger partial charge in [0, 0.05) is 18.1 Å². The van der Waals surface area contributed by atoms with Crippen molar-refractivity contribution in [2.45, 2.75) is 11.4 Å². The van der Waals surface area contributed by atoms with E-state index in [2.05, 4.69) is 15.9 Å². The van der Waals surface area contributed by atoms with Crippen LogP contribution in [0.4, 0.5) is 8.78 Å². The Bertz CT molecular complexity index is 748. The minimum absolute atomic E-state index is 0.0259. The fourth-order valence-corrected chi connectivity index (χ4v) is 3.32. The summed E-state index contributed by atoms with van der Waals surface area (Å²) < 4.78 is 52.8. The second kappa shape index (κ2) is 6.21. The van der Waals surface area contributed by atoms with Gasteiger partial charge in [0.15, 0.2) is 0 Å². The molecule has 0 bridgehead atoms. The van der Waals surface area contributed by atoms with Crippen LogP contribution in [0.3, 0.4) is 0 Å². The molecule has 3 nitrogen and oxygen atoms in total. The summed E-state index contributed by atoms with van der Waals surface area (Å²) in [6, 6.07) is 9.22. The van der Waals surface area contributed by atoms with Gasteiger partial charge in [-0.05, 0) is 35.9 Å². The highest BCUT2D eigenvalue weighted by atomic mass is 79.9. The molecule has 0 fully saturated rings. The van der Waals surface area contributed by atoms with Crippen molar-refractivity contribution in [2.75, 3.05) is 7.05 Å². The Balaban J connectivity index is 2.28. The van der Waals surface area contributed by atoms with E-state index in [1.54, 1.807) is 0 Å². The van der Waals surface area contributed by atoms with Gasteiger partial charge in [0.25, 0.3) is 0 Å². The van der Waals surface area contributed by atoms with Crippen LogP contribution >= 0.6 is 15.9 Å². The summed E-state index contributed by atoms with van der Waals surface area (Å²) in [5.74, 6) is -1.22. The Morgan fingerprint density at radius 3 is 2.29 bits per heavy atom. The van der Waals surface area contributed by atoms with E-state index in [1.807, 2.05) is 0 Å². The number of rotatable bonds is 4. The van der Waals surface area contributed by atoms with Crippen molar-refractivity contribution in [3.05, 3.63) is 64.1 Å². The van der Waals surface area contributed by atoms with E-state index >= 15 is 0 Å². The summed E-state index contributed by atoms with van der Waals surface area (Å²) >= 11 is 3.08. The first-order valence-electron chi connectivity index (χ1n) is 5.96. The smallest absolute Gasteiger partial charge is 0.207 e. The lowest BCUT2D eigenvalue weighted by molar-refractivity contribution is 0.459. The Hall–Kier alpha value is -1.31. The summed E-state index contributed by atoms with van der Waals surface area (Å²) in [7, 11) is -2.60. The molecule has 0 aromatic heterocycles. The van der Waals surface area contributed by atoms with Crippen LogP contribution in [0.15, 0.2) is 51.8 Å². The van der Waals surface area contributed by atoms with Gasteiger partial charge in [-0.1, -0.05) is 28.1 Å². The lowest BCUT2D eigenvalue weighted by atomic mass is 10.2. The van der Waals surface area contributed by atoms with Crippen molar-refractivity contribution in [2.24, 2.45) is 0 Å². The zero-order valence-corrected chi connectivity index (χ0v) is 13.5. The molecular weight excluding hydrogens is 364 g/mol. The third kappa shape index (κ3) is 3.66. The Morgan fingerprint density at radius 2 is 1.71 bits per heavy atom. The number of nitrogens with zero attached hydrogens (tertiary/aromatic N) is 1. The Morgan fingerprint density at radius 1 is 1.10 bits per heavy atom. The average Bonchev–Trinajstić information content (AvgIpc) is 2.40. The maximum atomic E-state index is 13.8. The van der Waals surface area contributed by atoms with Crippen LogP contribution in [-0.2, 0) is 16.6 Å². The van der Waals surface area contributed by atoms with Gasteiger partial charge >= 0.3 is 0 Å². The van der Waals surface area contributed by atoms with Crippen molar-refractivity contribution in [3.63, 3.8) is 0 Å². The fourth-order valence-electron chi connectivity index (χ4n) is 1.78. The SMILES string of the molecule is CN(Cc1ccc(F)cc1)S(=O)(=O)c1ccc(Br)cc1F. The Labute approximate surface area is 130 Å². The molecule has 0 aliphatic rings. The van der Waals surface area contributed by atoms with Gasteiger partial charge in [-0.3, -0.25) is 0 Å². The van der Waals surface area contributed by atoms with Gasteiger partial charge in [0.05, 0.1) is 0 Å². The van der Waals surface area contributed by atoms with E-state index in [0.717, 1.165) is 10.4 Å². The van der Waals surface area contributed by atoms with Crippen molar-refractivity contribution >= 4 is 26.0 Å². The molecule has 0 N–H and O–H groups in total. The predicted octanol–water partition coefficient (Wildman–Crippen LogP) is 3.55. The largest absolute Gasteiger partial charge is 0.246 e. The van der Waals surface area contributed by atoms with Crippen LogP contribution in [0.2, 0.25) is 0 Å². The fraction of sp³-hybridized carbons (Fsp3) is 0.143. The molecule has 0 radical (unpaired) electrons. The second-order valence-electron chi connectivity index (χ2n) is 4.46. The molecule has 0 atom stereocenters. The summed E-state index contributed by atoms with van der Waals surface area (Å²) in [6.45, 7) is 0.0259. The molecule has 0 heterocycles. The topological polar surface area (TPSA) is 37.4 Å². The third-order valence-electron chi connectivity index (χ3n) is 2.90. The maximum Gasteiger partial charge on any atom is 0.246 e. The highest BCUT2D eigenvalue weighted by Crippen LogP contribution is 2.23. The van der Waals surface area contributed by atoms with Gasteiger partial charge in [0.1, 0.15) is 16.5 Å². The molecule has 0 spiro atoms. The van der Waals surface area contributed by atoms with E-state index in [4.69, 9.17) is 0 Å². The van der Waals surface area contributed by atoms with E-state index in [9.17, 15) is 17.2 Å². The standard InChI is InChI=1S/C14H12BrF2NO2S/c1-18(9-10-2-5-12(16)6-3-10)21(19,20)14-7-4-11(15)8-13(14)17/h2-8H,9H2,1H3. The normalized spacial score (nSPS) is 11.9. The van der Waals surface area contributed by atoms with Crippen molar-refractivity contribution in [1.29, 1.82) is 0 Å². The van der Waals surface area contributed by atoms with Gasteiger partial charge in [-0.15, -0.1) is 0 Å². The molecule has 2 rings (SSSR count). The van der Waals surface area contributed by atoms with Crippen molar-refractivity contribution < 1.29 is 17.2 Å². The van der Waals surface area contributed by atoms with Gasteiger partial charge in [-0.2, -0.15) is 4.31 Å². The van der Waals surface area contributed by atoms with Crippen LogP contribution in [0.25, 0.3) is 0 Å². The molecule has 21 heavy (non-hydrogen) atoms. The quantitative estimate of drug-likeness (QED) is 0.819. The molecule has 0 unspecified atom stereocenters. The molecule has 0 aliphatic carbocycles. The average molecular weight is 376 g/mol. The highest BCUT2D eigenvalue weighted by molar-refractivity contribution is 9.10. The van der Waals surface area contributed by atoms with E-state index in [-0.39, 0.29) is 6.54 Å². The summed E-state index contributed by atoms with van der Waals surface area (Å²) in [5.41, 5.74) is 0.611.